The molecular formula is C15H18N2O. The van der Waals surface area contributed by atoms with Crippen LogP contribution in [0.3, 0.4) is 0 Å². The van der Waals surface area contributed by atoms with Gasteiger partial charge in [0.15, 0.2) is 0 Å². The highest BCUT2D eigenvalue weighted by Crippen LogP contribution is 2.37. The van der Waals surface area contributed by atoms with Crippen LogP contribution in [0.1, 0.15) is 24.2 Å². The second kappa shape index (κ2) is 4.41. The predicted octanol–water partition coefficient (Wildman–Crippen LogP) is 3.34. The van der Waals surface area contributed by atoms with Crippen molar-refractivity contribution < 1.29 is 4.42 Å². The van der Waals surface area contributed by atoms with Gasteiger partial charge in [0.05, 0.1) is 24.2 Å². The minimum absolute atomic E-state index is 0.610. The van der Waals surface area contributed by atoms with Crippen molar-refractivity contribution in [2.45, 2.75) is 32.4 Å². The molecule has 0 bridgehead atoms. The lowest BCUT2D eigenvalue weighted by Crippen LogP contribution is -2.25. The van der Waals surface area contributed by atoms with E-state index in [1.807, 2.05) is 12.1 Å². The maximum Gasteiger partial charge on any atom is 0.123 e. The summed E-state index contributed by atoms with van der Waals surface area (Å²) in [5.74, 6) is 0.989. The van der Waals surface area contributed by atoms with Crippen LogP contribution in [-0.4, -0.2) is 6.04 Å². The van der Waals surface area contributed by atoms with Gasteiger partial charge in [0.2, 0.25) is 0 Å². The smallest absolute Gasteiger partial charge is 0.123 e. The van der Waals surface area contributed by atoms with Crippen molar-refractivity contribution in [3.63, 3.8) is 0 Å². The van der Waals surface area contributed by atoms with Gasteiger partial charge in [-0.15, -0.1) is 0 Å². The van der Waals surface area contributed by atoms with E-state index in [0.29, 0.717) is 6.04 Å². The number of nitrogens with zero attached hydrogens (tertiary/aromatic N) is 1. The number of nitrogens with two attached hydrogens (primary N) is 1. The number of anilines is 2. The number of rotatable bonds is 4. The molecule has 94 valence electrons. The second-order valence-corrected chi connectivity index (χ2v) is 4.95. The first-order chi connectivity index (χ1) is 8.75. The summed E-state index contributed by atoms with van der Waals surface area (Å²) >= 11 is 0. The molecule has 1 aromatic heterocycles. The third-order valence-corrected chi connectivity index (χ3v) is 3.50. The Morgan fingerprint density at radius 3 is 2.78 bits per heavy atom. The fourth-order valence-corrected chi connectivity index (χ4v) is 2.28. The molecule has 0 spiro atoms. The first-order valence-electron chi connectivity index (χ1n) is 6.40. The number of aryl methyl sites for hydroxylation is 1. The van der Waals surface area contributed by atoms with E-state index in [1.54, 1.807) is 6.26 Å². The van der Waals surface area contributed by atoms with Crippen LogP contribution in [0.2, 0.25) is 0 Å². The summed E-state index contributed by atoms with van der Waals surface area (Å²) in [6, 6.07) is 10.8. The van der Waals surface area contributed by atoms with Gasteiger partial charge in [-0.25, -0.2) is 0 Å². The number of para-hydroxylation sites is 1. The van der Waals surface area contributed by atoms with Crippen LogP contribution >= 0.6 is 0 Å². The number of nitrogen functional groups attached to an aromatic ring is 1. The van der Waals surface area contributed by atoms with Crippen molar-refractivity contribution in [3.8, 4) is 0 Å². The van der Waals surface area contributed by atoms with Gasteiger partial charge in [0, 0.05) is 6.04 Å². The summed E-state index contributed by atoms with van der Waals surface area (Å²) in [6.07, 6.45) is 4.21. The molecule has 1 fully saturated rings. The molecule has 0 unspecified atom stereocenters. The fraction of sp³-hybridized carbons (Fsp3) is 0.333. The number of hydrogen-bond donors (Lipinski definition) is 1. The van der Waals surface area contributed by atoms with Gasteiger partial charge in [-0.05, 0) is 43.5 Å². The van der Waals surface area contributed by atoms with Crippen molar-refractivity contribution in [2.24, 2.45) is 0 Å². The summed E-state index contributed by atoms with van der Waals surface area (Å²) in [7, 11) is 0. The van der Waals surface area contributed by atoms with E-state index in [0.717, 1.165) is 29.2 Å². The summed E-state index contributed by atoms with van der Waals surface area (Å²) in [5.41, 5.74) is 9.36. The lowest BCUT2D eigenvalue weighted by atomic mass is 10.1. The first-order valence-corrected chi connectivity index (χ1v) is 6.40. The molecule has 0 radical (unpaired) electrons. The van der Waals surface area contributed by atoms with Crippen LogP contribution in [0.4, 0.5) is 11.4 Å². The number of benzene rings is 1. The highest BCUT2D eigenvalue weighted by atomic mass is 16.3. The van der Waals surface area contributed by atoms with Crippen LogP contribution in [0.25, 0.3) is 0 Å². The first kappa shape index (κ1) is 11.2. The minimum atomic E-state index is 0.610. The van der Waals surface area contributed by atoms with Crippen molar-refractivity contribution in [3.05, 3.63) is 47.9 Å². The van der Waals surface area contributed by atoms with Crippen LogP contribution in [0, 0.1) is 6.92 Å². The van der Waals surface area contributed by atoms with E-state index in [2.05, 4.69) is 30.0 Å². The summed E-state index contributed by atoms with van der Waals surface area (Å²) < 4.78 is 5.45. The normalized spacial score (nSPS) is 14.7. The molecule has 3 heteroatoms. The van der Waals surface area contributed by atoms with Gasteiger partial charge in [0.25, 0.3) is 0 Å². The van der Waals surface area contributed by atoms with Gasteiger partial charge in [0.1, 0.15) is 5.76 Å². The lowest BCUT2D eigenvalue weighted by molar-refractivity contribution is 0.501. The number of hydrogen-bond acceptors (Lipinski definition) is 3. The van der Waals surface area contributed by atoms with Gasteiger partial charge < -0.3 is 15.1 Å². The molecule has 2 aromatic rings. The molecule has 3 rings (SSSR count). The molecule has 18 heavy (non-hydrogen) atoms. The van der Waals surface area contributed by atoms with E-state index in [1.165, 1.54) is 12.8 Å². The Labute approximate surface area is 107 Å². The van der Waals surface area contributed by atoms with E-state index in [4.69, 9.17) is 10.2 Å². The van der Waals surface area contributed by atoms with E-state index in [9.17, 15) is 0 Å². The molecule has 0 amide bonds. The molecule has 1 aromatic carbocycles. The van der Waals surface area contributed by atoms with Crippen molar-refractivity contribution in [1.82, 2.24) is 0 Å². The van der Waals surface area contributed by atoms with E-state index < -0.39 is 0 Å². The summed E-state index contributed by atoms with van der Waals surface area (Å²) in [4.78, 5) is 2.36. The Kier molecular flexibility index (Phi) is 2.74. The lowest BCUT2D eigenvalue weighted by Gasteiger charge is -2.25. The molecule has 0 aliphatic heterocycles. The standard InChI is InChI=1S/C15H18N2O/c1-11-4-2-6-14(15(11)16)17(12-7-8-12)10-13-5-3-9-18-13/h2-6,9,12H,7-8,10,16H2,1H3. The Balaban J connectivity index is 1.91. The zero-order valence-corrected chi connectivity index (χ0v) is 10.6. The minimum Gasteiger partial charge on any atom is -0.467 e. The highest BCUT2D eigenvalue weighted by Gasteiger charge is 2.30. The van der Waals surface area contributed by atoms with E-state index >= 15 is 0 Å². The maximum atomic E-state index is 6.21. The highest BCUT2D eigenvalue weighted by molar-refractivity contribution is 5.71. The Morgan fingerprint density at radius 2 is 2.11 bits per heavy atom. The molecule has 2 N–H and O–H groups in total. The van der Waals surface area contributed by atoms with Crippen molar-refractivity contribution in [1.29, 1.82) is 0 Å². The average molecular weight is 242 g/mol. The molecule has 3 nitrogen and oxygen atoms in total. The van der Waals surface area contributed by atoms with Crippen molar-refractivity contribution in [2.75, 3.05) is 10.6 Å². The summed E-state index contributed by atoms with van der Waals surface area (Å²) in [5, 5.41) is 0. The molecule has 1 saturated carbocycles. The molecular weight excluding hydrogens is 224 g/mol. The monoisotopic (exact) mass is 242 g/mol. The third kappa shape index (κ3) is 2.08. The van der Waals surface area contributed by atoms with Crippen LogP contribution in [0.5, 0.6) is 0 Å². The van der Waals surface area contributed by atoms with Gasteiger partial charge >= 0.3 is 0 Å². The predicted molar refractivity (Wildman–Crippen MR) is 73.5 cm³/mol. The van der Waals surface area contributed by atoms with Crippen LogP contribution < -0.4 is 10.6 Å². The molecule has 0 saturated heterocycles. The molecule has 1 aliphatic rings. The average Bonchev–Trinajstić information content (AvgIpc) is 3.08. The second-order valence-electron chi connectivity index (χ2n) is 4.95. The van der Waals surface area contributed by atoms with Gasteiger partial charge in [-0.2, -0.15) is 0 Å². The topological polar surface area (TPSA) is 42.4 Å². The molecule has 1 aliphatic carbocycles. The van der Waals surface area contributed by atoms with Crippen LogP contribution in [0.15, 0.2) is 41.0 Å². The van der Waals surface area contributed by atoms with Crippen LogP contribution in [-0.2, 0) is 6.54 Å². The van der Waals surface area contributed by atoms with E-state index in [-0.39, 0.29) is 0 Å². The van der Waals surface area contributed by atoms with Gasteiger partial charge in [-0.1, -0.05) is 12.1 Å². The molecule has 0 atom stereocenters. The zero-order valence-electron chi connectivity index (χ0n) is 10.6. The van der Waals surface area contributed by atoms with Gasteiger partial charge in [-0.3, -0.25) is 0 Å². The SMILES string of the molecule is Cc1cccc(N(Cc2ccco2)C2CC2)c1N. The number of furan rings is 1. The summed E-state index contributed by atoms with van der Waals surface area (Å²) in [6.45, 7) is 2.85. The maximum absolute atomic E-state index is 6.21. The zero-order chi connectivity index (χ0) is 12.5. The Bertz CT molecular complexity index is 529. The Hall–Kier alpha value is -1.90. The fourth-order valence-electron chi connectivity index (χ4n) is 2.28. The Morgan fingerprint density at radius 1 is 1.28 bits per heavy atom. The van der Waals surface area contributed by atoms with Crippen molar-refractivity contribution >= 4 is 11.4 Å². The largest absolute Gasteiger partial charge is 0.467 e. The third-order valence-electron chi connectivity index (χ3n) is 3.50. The molecule has 1 heterocycles. The quantitative estimate of drug-likeness (QED) is 0.836.